The van der Waals surface area contributed by atoms with E-state index in [0.717, 1.165) is 17.7 Å². The highest BCUT2D eigenvalue weighted by molar-refractivity contribution is 6.31. The van der Waals surface area contributed by atoms with E-state index >= 15 is 0 Å². The van der Waals surface area contributed by atoms with Gasteiger partial charge in [0.05, 0.1) is 12.6 Å². The Hall–Kier alpha value is -1.98. The molecule has 0 spiro atoms. The van der Waals surface area contributed by atoms with E-state index in [4.69, 9.17) is 11.6 Å². The molecule has 0 aliphatic rings. The Balaban J connectivity index is 1.97. The molecule has 3 nitrogen and oxygen atoms in total. The highest BCUT2D eigenvalue weighted by Gasteiger charge is 2.18. The van der Waals surface area contributed by atoms with Crippen molar-refractivity contribution in [1.29, 1.82) is 0 Å². The van der Waals surface area contributed by atoms with E-state index in [1.165, 1.54) is 6.07 Å². The van der Waals surface area contributed by atoms with Crippen LogP contribution >= 0.6 is 11.6 Å². The number of hydrogen-bond donors (Lipinski definition) is 1. The third-order valence-electron chi connectivity index (χ3n) is 4.23. The van der Waals surface area contributed by atoms with Crippen molar-refractivity contribution >= 4 is 17.5 Å². The largest absolute Gasteiger partial charge is 0.348 e. The number of nitrogens with one attached hydrogen (secondary N) is 1. The van der Waals surface area contributed by atoms with Gasteiger partial charge >= 0.3 is 0 Å². The Morgan fingerprint density at radius 2 is 1.84 bits per heavy atom. The van der Waals surface area contributed by atoms with Crippen LogP contribution in [0.5, 0.6) is 0 Å². The number of likely N-dealkylation sites (N-methyl/N-ethyl adjacent to an activating group) is 1. The second-order valence-electron chi connectivity index (χ2n) is 6.08. The van der Waals surface area contributed by atoms with E-state index in [-0.39, 0.29) is 24.5 Å². The van der Waals surface area contributed by atoms with Crippen molar-refractivity contribution in [3.63, 3.8) is 0 Å². The van der Waals surface area contributed by atoms with Gasteiger partial charge in [-0.3, -0.25) is 9.69 Å². The first-order valence-corrected chi connectivity index (χ1v) is 8.36. The van der Waals surface area contributed by atoms with Crippen LogP contribution in [0.3, 0.4) is 0 Å². The van der Waals surface area contributed by atoms with Crippen LogP contribution in [0.4, 0.5) is 8.78 Å². The molecular weight excluding hydrogens is 346 g/mol. The molecule has 1 amide bonds. The van der Waals surface area contributed by atoms with Gasteiger partial charge in [0.25, 0.3) is 0 Å². The van der Waals surface area contributed by atoms with Gasteiger partial charge in [-0.2, -0.15) is 0 Å². The quantitative estimate of drug-likeness (QED) is 0.817. The van der Waals surface area contributed by atoms with Crippen molar-refractivity contribution in [3.8, 4) is 0 Å². The van der Waals surface area contributed by atoms with E-state index in [9.17, 15) is 13.6 Å². The van der Waals surface area contributed by atoms with Crippen LogP contribution in [0.25, 0.3) is 0 Å². The van der Waals surface area contributed by atoms with Crippen molar-refractivity contribution in [3.05, 3.63) is 70.2 Å². The lowest BCUT2D eigenvalue weighted by molar-refractivity contribution is -0.123. The Bertz CT molecular complexity index is 754. The number of nitrogens with zero attached hydrogens (tertiary/aromatic N) is 1. The van der Waals surface area contributed by atoms with Gasteiger partial charge in [-0.05, 0) is 50.2 Å². The summed E-state index contributed by atoms with van der Waals surface area (Å²) in [5, 5.41) is 3.49. The second-order valence-corrected chi connectivity index (χ2v) is 6.48. The van der Waals surface area contributed by atoms with Crippen LogP contribution in [-0.4, -0.2) is 24.4 Å². The summed E-state index contributed by atoms with van der Waals surface area (Å²) in [5.41, 5.74) is 1.45. The molecule has 1 N–H and O–H groups in total. The lowest BCUT2D eigenvalue weighted by Crippen LogP contribution is -2.37. The second kappa shape index (κ2) is 8.41. The van der Waals surface area contributed by atoms with Crippen LogP contribution in [0.1, 0.15) is 37.1 Å². The molecule has 0 bridgehead atoms. The topological polar surface area (TPSA) is 32.3 Å². The molecule has 0 heterocycles. The van der Waals surface area contributed by atoms with Gasteiger partial charge in [-0.1, -0.05) is 35.9 Å². The van der Waals surface area contributed by atoms with Gasteiger partial charge in [0.1, 0.15) is 0 Å². The molecule has 0 radical (unpaired) electrons. The summed E-state index contributed by atoms with van der Waals surface area (Å²) in [6.45, 7) is 3.81. The number of hydrogen-bond acceptors (Lipinski definition) is 2. The van der Waals surface area contributed by atoms with Gasteiger partial charge in [-0.15, -0.1) is 0 Å². The SMILES string of the molecule is CC(NC(=O)CN(C)C(C)c1ccc(F)c(F)c1)c1ccccc1Cl. The van der Waals surface area contributed by atoms with Gasteiger partial charge in [0.15, 0.2) is 11.6 Å². The zero-order valence-corrected chi connectivity index (χ0v) is 15.1. The fraction of sp³-hybridized carbons (Fsp3) is 0.316. The van der Waals surface area contributed by atoms with Gasteiger partial charge in [-0.25, -0.2) is 8.78 Å². The third kappa shape index (κ3) is 5.00. The Labute approximate surface area is 151 Å². The van der Waals surface area contributed by atoms with E-state index in [0.29, 0.717) is 10.6 Å². The van der Waals surface area contributed by atoms with Crippen LogP contribution in [0, 0.1) is 11.6 Å². The summed E-state index contributed by atoms with van der Waals surface area (Å²) in [7, 11) is 1.76. The number of carbonyl (C=O) groups is 1. The Morgan fingerprint density at radius 3 is 2.48 bits per heavy atom. The number of benzene rings is 2. The minimum Gasteiger partial charge on any atom is -0.348 e. The normalized spacial score (nSPS) is 13.6. The van der Waals surface area contributed by atoms with Crippen LogP contribution in [-0.2, 0) is 4.79 Å². The minimum absolute atomic E-state index is 0.120. The monoisotopic (exact) mass is 366 g/mol. The Kier molecular flexibility index (Phi) is 6.51. The molecular formula is C19H21ClF2N2O. The van der Waals surface area contributed by atoms with E-state index in [2.05, 4.69) is 5.32 Å². The lowest BCUT2D eigenvalue weighted by Gasteiger charge is -2.25. The van der Waals surface area contributed by atoms with Gasteiger partial charge < -0.3 is 5.32 Å². The van der Waals surface area contributed by atoms with Crippen molar-refractivity contribution in [2.45, 2.75) is 25.9 Å². The van der Waals surface area contributed by atoms with Crippen LogP contribution in [0.15, 0.2) is 42.5 Å². The molecule has 0 aromatic heterocycles. The Morgan fingerprint density at radius 1 is 1.16 bits per heavy atom. The molecule has 0 saturated carbocycles. The van der Waals surface area contributed by atoms with Crippen LogP contribution < -0.4 is 5.32 Å². The predicted molar refractivity (Wildman–Crippen MR) is 95.4 cm³/mol. The van der Waals surface area contributed by atoms with E-state index in [1.54, 1.807) is 18.0 Å². The zero-order valence-electron chi connectivity index (χ0n) is 14.4. The average molecular weight is 367 g/mol. The summed E-state index contributed by atoms with van der Waals surface area (Å²) in [5.74, 6) is -1.95. The molecule has 6 heteroatoms. The fourth-order valence-corrected chi connectivity index (χ4v) is 2.88. The molecule has 2 atom stereocenters. The zero-order chi connectivity index (χ0) is 18.6. The van der Waals surface area contributed by atoms with Gasteiger partial charge in [0.2, 0.25) is 5.91 Å². The minimum atomic E-state index is -0.894. The highest BCUT2D eigenvalue weighted by Crippen LogP contribution is 2.23. The van der Waals surface area contributed by atoms with Gasteiger partial charge in [0, 0.05) is 11.1 Å². The van der Waals surface area contributed by atoms with Crippen molar-refractivity contribution < 1.29 is 13.6 Å². The molecule has 0 aliphatic carbocycles. The van der Waals surface area contributed by atoms with E-state index < -0.39 is 11.6 Å². The maximum Gasteiger partial charge on any atom is 0.234 e. The van der Waals surface area contributed by atoms with Crippen molar-refractivity contribution in [2.75, 3.05) is 13.6 Å². The molecule has 25 heavy (non-hydrogen) atoms. The molecule has 0 saturated heterocycles. The number of halogens is 3. The maximum absolute atomic E-state index is 13.4. The summed E-state index contributed by atoms with van der Waals surface area (Å²) >= 11 is 6.14. The summed E-state index contributed by atoms with van der Waals surface area (Å²) in [6, 6.07) is 10.6. The smallest absolute Gasteiger partial charge is 0.234 e. The molecule has 134 valence electrons. The molecule has 0 fully saturated rings. The number of carbonyl (C=O) groups excluding carboxylic acids is 1. The fourth-order valence-electron chi connectivity index (χ4n) is 2.58. The first kappa shape index (κ1) is 19.3. The lowest BCUT2D eigenvalue weighted by atomic mass is 10.1. The average Bonchev–Trinajstić information content (AvgIpc) is 2.56. The molecule has 2 aromatic carbocycles. The first-order chi connectivity index (χ1) is 11.8. The molecule has 0 aliphatic heterocycles. The number of rotatable bonds is 6. The van der Waals surface area contributed by atoms with E-state index in [1.807, 2.05) is 32.0 Å². The third-order valence-corrected chi connectivity index (χ3v) is 4.57. The highest BCUT2D eigenvalue weighted by atomic mass is 35.5. The number of amides is 1. The summed E-state index contributed by atoms with van der Waals surface area (Å²) < 4.78 is 26.4. The van der Waals surface area contributed by atoms with Crippen molar-refractivity contribution in [2.24, 2.45) is 0 Å². The molecule has 2 aromatic rings. The first-order valence-electron chi connectivity index (χ1n) is 7.98. The predicted octanol–water partition coefficient (Wildman–Crippen LogP) is 4.49. The summed E-state index contributed by atoms with van der Waals surface area (Å²) in [6.07, 6.45) is 0. The van der Waals surface area contributed by atoms with Crippen molar-refractivity contribution in [1.82, 2.24) is 10.2 Å². The standard InChI is InChI=1S/C19H21ClF2N2O/c1-12(15-6-4-5-7-16(15)20)23-19(25)11-24(3)13(2)14-8-9-17(21)18(22)10-14/h4-10,12-13H,11H2,1-3H3,(H,23,25). The van der Waals surface area contributed by atoms with Crippen LogP contribution in [0.2, 0.25) is 5.02 Å². The summed E-state index contributed by atoms with van der Waals surface area (Å²) in [4.78, 5) is 14.0. The molecule has 2 rings (SSSR count). The maximum atomic E-state index is 13.4. The molecule has 2 unspecified atom stereocenters.